The smallest absolute Gasteiger partial charge is 0.226 e. The van der Waals surface area contributed by atoms with Crippen molar-refractivity contribution in [1.82, 2.24) is 4.90 Å². The van der Waals surface area contributed by atoms with Gasteiger partial charge in [0.1, 0.15) is 9.84 Å². The van der Waals surface area contributed by atoms with E-state index in [0.29, 0.717) is 5.02 Å². The Morgan fingerprint density at radius 1 is 1.38 bits per heavy atom. The summed E-state index contributed by atoms with van der Waals surface area (Å²) in [6.45, 7) is 0.209. The van der Waals surface area contributed by atoms with Crippen LogP contribution < -0.4 is 0 Å². The highest BCUT2D eigenvalue weighted by Crippen LogP contribution is 2.29. The van der Waals surface area contributed by atoms with Crippen molar-refractivity contribution in [3.8, 4) is 0 Å². The first-order chi connectivity index (χ1) is 9.76. The lowest BCUT2D eigenvalue weighted by atomic mass is 10.1. The molecule has 0 saturated heterocycles. The minimum atomic E-state index is -3.06. The quantitative estimate of drug-likeness (QED) is 0.837. The molecule has 0 radical (unpaired) electrons. The highest BCUT2D eigenvalue weighted by Gasteiger charge is 2.14. The van der Waals surface area contributed by atoms with Crippen LogP contribution in [0.1, 0.15) is 5.56 Å². The molecule has 0 atom stereocenters. The predicted octanol–water partition coefficient (Wildman–Crippen LogP) is 2.60. The van der Waals surface area contributed by atoms with Crippen molar-refractivity contribution in [2.75, 3.05) is 25.6 Å². The molecule has 2 rings (SSSR count). The molecular weight excluding hydrogens is 330 g/mol. The molecule has 0 saturated carbocycles. The number of fused-ring (bicyclic) bond motifs is 1. The van der Waals surface area contributed by atoms with Crippen LogP contribution >= 0.6 is 22.9 Å². The van der Waals surface area contributed by atoms with Crippen LogP contribution in [0, 0.1) is 0 Å². The van der Waals surface area contributed by atoms with E-state index in [4.69, 9.17) is 11.6 Å². The second-order valence-corrected chi connectivity index (χ2v) is 8.63. The van der Waals surface area contributed by atoms with E-state index in [-0.39, 0.29) is 24.6 Å². The third-order valence-electron chi connectivity index (χ3n) is 3.18. The fraction of sp³-hybridized carbons (Fsp3) is 0.357. The van der Waals surface area contributed by atoms with Gasteiger partial charge >= 0.3 is 0 Å². The Labute approximate surface area is 133 Å². The standard InChI is InChI=1S/C14H16ClNO3S2/c1-16(5-6-21(2,18)19)14(17)7-10-9-20-13-4-3-11(15)8-12(10)13/h3-4,8-9H,5-7H2,1-2H3. The number of carbonyl (C=O) groups is 1. The lowest BCUT2D eigenvalue weighted by Crippen LogP contribution is -2.32. The van der Waals surface area contributed by atoms with Gasteiger partial charge in [-0.05, 0) is 34.5 Å². The summed E-state index contributed by atoms with van der Waals surface area (Å²) in [7, 11) is -1.44. The van der Waals surface area contributed by atoms with Crippen LogP contribution in [-0.2, 0) is 21.1 Å². The molecule has 0 bridgehead atoms. The molecule has 0 spiro atoms. The number of hydrogen-bond acceptors (Lipinski definition) is 4. The summed E-state index contributed by atoms with van der Waals surface area (Å²) in [5.41, 5.74) is 0.925. The molecule has 1 aromatic heterocycles. The van der Waals surface area contributed by atoms with Gasteiger partial charge in [0.05, 0.1) is 12.2 Å². The molecule has 0 unspecified atom stereocenters. The van der Waals surface area contributed by atoms with Gasteiger partial charge in [0.2, 0.25) is 5.91 Å². The number of rotatable bonds is 5. The monoisotopic (exact) mass is 345 g/mol. The van der Waals surface area contributed by atoms with Gasteiger partial charge in [0, 0.05) is 29.6 Å². The Morgan fingerprint density at radius 2 is 2.10 bits per heavy atom. The second-order valence-electron chi connectivity index (χ2n) is 5.02. The van der Waals surface area contributed by atoms with E-state index in [0.717, 1.165) is 15.6 Å². The molecule has 4 nitrogen and oxygen atoms in total. The number of halogens is 1. The van der Waals surface area contributed by atoms with Crippen molar-refractivity contribution in [3.05, 3.63) is 34.2 Å². The maximum atomic E-state index is 12.2. The molecule has 1 amide bonds. The average Bonchev–Trinajstić information content (AvgIpc) is 2.77. The predicted molar refractivity (Wildman–Crippen MR) is 87.9 cm³/mol. The first-order valence-electron chi connectivity index (χ1n) is 6.33. The molecule has 0 aliphatic heterocycles. The van der Waals surface area contributed by atoms with E-state index in [1.165, 1.54) is 11.2 Å². The number of nitrogens with zero attached hydrogens (tertiary/aromatic N) is 1. The molecular formula is C14H16ClNO3S2. The summed E-state index contributed by atoms with van der Waals surface area (Å²) in [4.78, 5) is 13.6. The van der Waals surface area contributed by atoms with Gasteiger partial charge in [-0.1, -0.05) is 11.6 Å². The first kappa shape index (κ1) is 16.3. The van der Waals surface area contributed by atoms with E-state index in [1.807, 2.05) is 23.6 Å². The summed E-state index contributed by atoms with van der Waals surface area (Å²) >= 11 is 7.56. The van der Waals surface area contributed by atoms with Crippen LogP contribution in [0.5, 0.6) is 0 Å². The summed E-state index contributed by atoms with van der Waals surface area (Å²) in [5, 5.41) is 3.57. The Hall–Kier alpha value is -1.11. The van der Waals surface area contributed by atoms with Crippen LogP contribution in [0.15, 0.2) is 23.6 Å². The number of thiophene rings is 1. The minimum Gasteiger partial charge on any atom is -0.344 e. The molecule has 1 aromatic carbocycles. The minimum absolute atomic E-state index is 0.0224. The van der Waals surface area contributed by atoms with Gasteiger partial charge in [-0.25, -0.2) is 8.42 Å². The molecule has 0 fully saturated rings. The number of carbonyl (C=O) groups excluding carboxylic acids is 1. The molecule has 0 aliphatic rings. The van der Waals surface area contributed by atoms with E-state index in [1.54, 1.807) is 18.4 Å². The summed E-state index contributed by atoms with van der Waals surface area (Å²) in [5.74, 6) is -0.121. The van der Waals surface area contributed by atoms with Gasteiger partial charge < -0.3 is 4.90 Å². The van der Waals surface area contributed by atoms with Crippen molar-refractivity contribution in [1.29, 1.82) is 0 Å². The molecule has 21 heavy (non-hydrogen) atoms. The van der Waals surface area contributed by atoms with Crippen molar-refractivity contribution < 1.29 is 13.2 Å². The summed E-state index contributed by atoms with van der Waals surface area (Å²) in [6, 6.07) is 5.61. The summed E-state index contributed by atoms with van der Waals surface area (Å²) in [6.07, 6.45) is 1.42. The molecule has 0 aliphatic carbocycles. The Bertz CT molecular complexity index is 768. The third-order valence-corrected chi connectivity index (χ3v) is 5.35. The van der Waals surface area contributed by atoms with E-state index >= 15 is 0 Å². The zero-order valence-corrected chi connectivity index (χ0v) is 14.2. The third kappa shape index (κ3) is 4.43. The number of hydrogen-bond donors (Lipinski definition) is 0. The lowest BCUT2D eigenvalue weighted by molar-refractivity contribution is -0.128. The fourth-order valence-electron chi connectivity index (χ4n) is 1.92. The fourth-order valence-corrected chi connectivity index (χ4v) is 3.64. The van der Waals surface area contributed by atoms with E-state index in [9.17, 15) is 13.2 Å². The topological polar surface area (TPSA) is 54.5 Å². The van der Waals surface area contributed by atoms with E-state index in [2.05, 4.69) is 0 Å². The van der Waals surface area contributed by atoms with Crippen LogP contribution in [0.25, 0.3) is 10.1 Å². The molecule has 1 heterocycles. The first-order valence-corrected chi connectivity index (χ1v) is 9.65. The Balaban J connectivity index is 2.09. The van der Waals surface area contributed by atoms with Crippen molar-refractivity contribution in [3.63, 3.8) is 0 Å². The Morgan fingerprint density at radius 3 is 2.76 bits per heavy atom. The second kappa shape index (κ2) is 6.34. The number of likely N-dealkylation sites (N-methyl/N-ethyl adjacent to an activating group) is 1. The van der Waals surface area contributed by atoms with Gasteiger partial charge in [-0.15, -0.1) is 11.3 Å². The normalized spacial score (nSPS) is 11.8. The van der Waals surface area contributed by atoms with Gasteiger partial charge in [0.15, 0.2) is 0 Å². The molecule has 0 N–H and O–H groups in total. The highest BCUT2D eigenvalue weighted by atomic mass is 35.5. The largest absolute Gasteiger partial charge is 0.344 e. The molecule has 114 valence electrons. The zero-order chi connectivity index (χ0) is 15.6. The highest BCUT2D eigenvalue weighted by molar-refractivity contribution is 7.90. The molecule has 2 aromatic rings. The van der Waals surface area contributed by atoms with Crippen molar-refractivity contribution in [2.24, 2.45) is 0 Å². The van der Waals surface area contributed by atoms with Crippen LogP contribution in [0.4, 0.5) is 0 Å². The van der Waals surface area contributed by atoms with Crippen molar-refractivity contribution >= 4 is 48.8 Å². The van der Waals surface area contributed by atoms with E-state index < -0.39 is 9.84 Å². The SMILES string of the molecule is CN(CCS(C)(=O)=O)C(=O)Cc1csc2ccc(Cl)cc12. The van der Waals surface area contributed by atoms with Crippen LogP contribution in [0.3, 0.4) is 0 Å². The van der Waals surface area contributed by atoms with Crippen LogP contribution in [0.2, 0.25) is 5.02 Å². The van der Waals surface area contributed by atoms with Crippen LogP contribution in [-0.4, -0.2) is 44.8 Å². The van der Waals surface area contributed by atoms with Gasteiger partial charge in [-0.2, -0.15) is 0 Å². The number of amides is 1. The zero-order valence-electron chi connectivity index (χ0n) is 11.8. The number of benzene rings is 1. The Kier molecular flexibility index (Phi) is 4.91. The summed E-state index contributed by atoms with van der Waals surface area (Å²) < 4.78 is 23.4. The molecule has 7 heteroatoms. The lowest BCUT2D eigenvalue weighted by Gasteiger charge is -2.16. The maximum Gasteiger partial charge on any atom is 0.226 e. The van der Waals surface area contributed by atoms with Gasteiger partial charge in [-0.3, -0.25) is 4.79 Å². The number of sulfone groups is 1. The van der Waals surface area contributed by atoms with Crippen molar-refractivity contribution in [2.45, 2.75) is 6.42 Å². The van der Waals surface area contributed by atoms with Gasteiger partial charge in [0.25, 0.3) is 0 Å². The average molecular weight is 346 g/mol. The maximum absolute atomic E-state index is 12.2.